The molecule has 2 atom stereocenters. The van der Waals surface area contributed by atoms with Gasteiger partial charge in [-0.25, -0.2) is 0 Å². The van der Waals surface area contributed by atoms with Crippen LogP contribution in [-0.4, -0.2) is 16.1 Å². The van der Waals surface area contributed by atoms with E-state index in [1.54, 1.807) is 6.07 Å². The molecule has 5 nitrogen and oxygen atoms in total. The van der Waals surface area contributed by atoms with Gasteiger partial charge in [0.1, 0.15) is 5.75 Å². The fourth-order valence-electron chi connectivity index (χ4n) is 2.82. The van der Waals surface area contributed by atoms with Crippen molar-refractivity contribution in [2.24, 2.45) is 5.92 Å². The standard InChI is InChI=1S/C15H21NO4/c1-2-11-4-3-5-14(8-11)20-15-7-6-13(16(18)19)9-12(15)10-17/h6-7,9,11,14,17H,2-5,8,10H2,1H3. The third-order valence-electron chi connectivity index (χ3n) is 4.03. The molecule has 2 rings (SSSR count). The second kappa shape index (κ2) is 6.70. The summed E-state index contributed by atoms with van der Waals surface area (Å²) >= 11 is 0. The first-order valence-electron chi connectivity index (χ1n) is 7.18. The highest BCUT2D eigenvalue weighted by molar-refractivity contribution is 5.43. The van der Waals surface area contributed by atoms with Crippen LogP contribution >= 0.6 is 0 Å². The van der Waals surface area contributed by atoms with E-state index in [-0.39, 0.29) is 18.4 Å². The average Bonchev–Trinajstić information content (AvgIpc) is 2.47. The quantitative estimate of drug-likeness (QED) is 0.662. The van der Waals surface area contributed by atoms with Gasteiger partial charge in [-0.05, 0) is 31.2 Å². The number of rotatable bonds is 5. The average molecular weight is 279 g/mol. The Hall–Kier alpha value is -1.62. The molecule has 1 aromatic rings. The lowest BCUT2D eigenvalue weighted by Crippen LogP contribution is -2.25. The molecule has 0 amide bonds. The van der Waals surface area contributed by atoms with Gasteiger partial charge in [0.15, 0.2) is 0 Å². The molecule has 2 unspecified atom stereocenters. The number of ether oxygens (including phenoxy) is 1. The molecule has 1 aliphatic carbocycles. The Labute approximate surface area is 118 Å². The van der Waals surface area contributed by atoms with Crippen molar-refractivity contribution >= 4 is 5.69 Å². The van der Waals surface area contributed by atoms with Crippen molar-refractivity contribution in [3.63, 3.8) is 0 Å². The zero-order valence-electron chi connectivity index (χ0n) is 11.7. The summed E-state index contributed by atoms with van der Waals surface area (Å²) in [5, 5.41) is 20.1. The van der Waals surface area contributed by atoms with Crippen molar-refractivity contribution in [3.8, 4) is 5.75 Å². The molecule has 110 valence electrons. The summed E-state index contributed by atoms with van der Waals surface area (Å²) in [4.78, 5) is 10.3. The SMILES string of the molecule is CCC1CCCC(Oc2ccc([N+](=O)[O-])cc2CO)C1. The number of nitro groups is 1. The zero-order chi connectivity index (χ0) is 14.5. The highest BCUT2D eigenvalue weighted by Crippen LogP contribution is 2.32. The Balaban J connectivity index is 2.10. The Bertz CT molecular complexity index is 475. The van der Waals surface area contributed by atoms with Crippen molar-refractivity contribution in [2.45, 2.75) is 51.7 Å². The summed E-state index contributed by atoms with van der Waals surface area (Å²) < 4.78 is 5.96. The Morgan fingerprint density at radius 3 is 2.90 bits per heavy atom. The highest BCUT2D eigenvalue weighted by atomic mass is 16.6. The van der Waals surface area contributed by atoms with Crippen LogP contribution in [0.5, 0.6) is 5.75 Å². The lowest BCUT2D eigenvalue weighted by atomic mass is 9.85. The van der Waals surface area contributed by atoms with E-state index in [4.69, 9.17) is 4.74 Å². The molecule has 1 fully saturated rings. The molecule has 0 aromatic heterocycles. The first kappa shape index (κ1) is 14.8. The number of nitro benzene ring substituents is 1. The second-order valence-electron chi connectivity index (χ2n) is 5.39. The minimum absolute atomic E-state index is 0.0171. The summed E-state index contributed by atoms with van der Waals surface area (Å²) in [7, 11) is 0. The summed E-state index contributed by atoms with van der Waals surface area (Å²) in [6, 6.07) is 4.41. The van der Waals surface area contributed by atoms with Crippen LogP contribution in [0.3, 0.4) is 0 Å². The first-order valence-corrected chi connectivity index (χ1v) is 7.18. The van der Waals surface area contributed by atoms with E-state index in [0.717, 1.165) is 25.7 Å². The Morgan fingerprint density at radius 2 is 2.25 bits per heavy atom. The van der Waals surface area contributed by atoms with Crippen LogP contribution in [0.1, 0.15) is 44.6 Å². The van der Waals surface area contributed by atoms with Crippen LogP contribution in [0.25, 0.3) is 0 Å². The number of benzene rings is 1. The molecule has 0 bridgehead atoms. The van der Waals surface area contributed by atoms with Gasteiger partial charge in [0.25, 0.3) is 5.69 Å². The van der Waals surface area contributed by atoms with E-state index >= 15 is 0 Å². The maximum Gasteiger partial charge on any atom is 0.270 e. The minimum Gasteiger partial charge on any atom is -0.490 e. The van der Waals surface area contributed by atoms with E-state index in [2.05, 4.69) is 6.92 Å². The molecule has 1 N–H and O–H groups in total. The molecule has 1 saturated carbocycles. The molecule has 0 spiro atoms. The maximum atomic E-state index is 10.7. The first-order chi connectivity index (χ1) is 9.63. The van der Waals surface area contributed by atoms with Gasteiger partial charge >= 0.3 is 0 Å². The number of hydrogen-bond donors (Lipinski definition) is 1. The predicted octanol–water partition coefficient (Wildman–Crippen LogP) is 3.43. The van der Waals surface area contributed by atoms with Crippen molar-refractivity contribution in [2.75, 3.05) is 0 Å². The van der Waals surface area contributed by atoms with Gasteiger partial charge in [-0.1, -0.05) is 19.8 Å². The monoisotopic (exact) mass is 279 g/mol. The molecule has 20 heavy (non-hydrogen) atoms. The molecule has 0 heterocycles. The van der Waals surface area contributed by atoms with E-state index in [0.29, 0.717) is 17.2 Å². The summed E-state index contributed by atoms with van der Waals surface area (Å²) in [6.07, 6.45) is 5.76. The van der Waals surface area contributed by atoms with Crippen LogP contribution in [-0.2, 0) is 6.61 Å². The second-order valence-corrected chi connectivity index (χ2v) is 5.39. The fourth-order valence-corrected chi connectivity index (χ4v) is 2.82. The molecule has 5 heteroatoms. The van der Waals surface area contributed by atoms with Gasteiger partial charge < -0.3 is 9.84 Å². The van der Waals surface area contributed by atoms with Gasteiger partial charge in [0.2, 0.25) is 0 Å². The van der Waals surface area contributed by atoms with Gasteiger partial charge in [0.05, 0.1) is 17.6 Å². The molecule has 1 aromatic carbocycles. The molecule has 0 saturated heterocycles. The largest absolute Gasteiger partial charge is 0.490 e. The maximum absolute atomic E-state index is 10.7. The lowest BCUT2D eigenvalue weighted by Gasteiger charge is -2.29. The van der Waals surface area contributed by atoms with Crippen LogP contribution in [0, 0.1) is 16.0 Å². The third-order valence-corrected chi connectivity index (χ3v) is 4.03. The van der Waals surface area contributed by atoms with Gasteiger partial charge in [-0.2, -0.15) is 0 Å². The van der Waals surface area contributed by atoms with Crippen molar-refractivity contribution in [3.05, 3.63) is 33.9 Å². The zero-order valence-corrected chi connectivity index (χ0v) is 11.7. The van der Waals surface area contributed by atoms with Gasteiger partial charge in [0, 0.05) is 17.7 Å². The summed E-state index contributed by atoms with van der Waals surface area (Å²) in [5.41, 5.74) is 0.467. The Kier molecular flexibility index (Phi) is 4.95. The number of non-ortho nitro benzene ring substituents is 1. The molecule has 0 radical (unpaired) electrons. The van der Waals surface area contributed by atoms with Crippen LogP contribution in [0.2, 0.25) is 0 Å². The molecular formula is C15H21NO4. The normalized spacial score (nSPS) is 22.5. The van der Waals surface area contributed by atoms with E-state index in [1.807, 2.05) is 0 Å². The fraction of sp³-hybridized carbons (Fsp3) is 0.600. The summed E-state index contributed by atoms with van der Waals surface area (Å²) in [5.74, 6) is 1.27. The number of nitrogens with zero attached hydrogens (tertiary/aromatic N) is 1. The van der Waals surface area contributed by atoms with Crippen molar-refractivity contribution in [1.82, 2.24) is 0 Å². The highest BCUT2D eigenvalue weighted by Gasteiger charge is 2.23. The number of hydrogen-bond acceptors (Lipinski definition) is 4. The van der Waals surface area contributed by atoms with E-state index < -0.39 is 4.92 Å². The molecule has 1 aliphatic rings. The molecular weight excluding hydrogens is 258 g/mol. The number of aliphatic hydroxyl groups is 1. The number of aliphatic hydroxyl groups excluding tert-OH is 1. The van der Waals surface area contributed by atoms with Crippen LogP contribution in [0.4, 0.5) is 5.69 Å². The Morgan fingerprint density at radius 1 is 1.45 bits per heavy atom. The summed E-state index contributed by atoms with van der Waals surface area (Å²) in [6.45, 7) is 1.94. The van der Waals surface area contributed by atoms with Crippen LogP contribution < -0.4 is 4.74 Å². The van der Waals surface area contributed by atoms with Crippen molar-refractivity contribution in [1.29, 1.82) is 0 Å². The third kappa shape index (κ3) is 3.48. The smallest absolute Gasteiger partial charge is 0.270 e. The van der Waals surface area contributed by atoms with E-state index in [9.17, 15) is 15.2 Å². The topological polar surface area (TPSA) is 72.6 Å². The molecule has 0 aliphatic heterocycles. The minimum atomic E-state index is -0.462. The van der Waals surface area contributed by atoms with Gasteiger partial charge in [-0.15, -0.1) is 0 Å². The van der Waals surface area contributed by atoms with Gasteiger partial charge in [-0.3, -0.25) is 10.1 Å². The van der Waals surface area contributed by atoms with Crippen LogP contribution in [0.15, 0.2) is 18.2 Å². The predicted molar refractivity (Wildman–Crippen MR) is 75.7 cm³/mol. The van der Waals surface area contributed by atoms with E-state index in [1.165, 1.54) is 18.6 Å². The van der Waals surface area contributed by atoms with Crippen molar-refractivity contribution < 1.29 is 14.8 Å². The lowest BCUT2D eigenvalue weighted by molar-refractivity contribution is -0.385.